The minimum Gasteiger partial charge on any atom is -0.271 e. The summed E-state index contributed by atoms with van der Waals surface area (Å²) in [5.41, 5.74) is 1.47. The maximum atomic E-state index is 13.7. The molecule has 7 heteroatoms. The van der Waals surface area contributed by atoms with Crippen LogP contribution in [0.1, 0.15) is 17.2 Å². The first-order valence-electron chi connectivity index (χ1n) is 5.97. The van der Waals surface area contributed by atoms with E-state index in [1.165, 1.54) is 0 Å². The van der Waals surface area contributed by atoms with E-state index in [1.807, 2.05) is 0 Å². The molecule has 112 valence electrons. The highest BCUT2D eigenvalue weighted by Gasteiger charge is 2.22. The normalized spacial score (nSPS) is 12.5. The topological polar surface area (TPSA) is 38.0 Å². The van der Waals surface area contributed by atoms with Crippen molar-refractivity contribution >= 4 is 0 Å². The standard InChI is InChI=1S/C14H11F5N2/c15-8-1-2-10(17)7(3-8)4-13(21-20)14-11(18)5-9(16)6-12(14)19/h1-3,5-6,13,21H,4,20H2. The molecule has 3 N–H and O–H groups in total. The summed E-state index contributed by atoms with van der Waals surface area (Å²) in [6, 6.07) is 2.52. The Labute approximate surface area is 117 Å². The summed E-state index contributed by atoms with van der Waals surface area (Å²) < 4.78 is 66.9. The van der Waals surface area contributed by atoms with Crippen LogP contribution in [0.15, 0.2) is 30.3 Å². The predicted molar refractivity (Wildman–Crippen MR) is 66.4 cm³/mol. The van der Waals surface area contributed by atoms with Crippen LogP contribution in [0.5, 0.6) is 0 Å². The van der Waals surface area contributed by atoms with Gasteiger partial charge in [0.2, 0.25) is 0 Å². The van der Waals surface area contributed by atoms with Crippen molar-refractivity contribution in [3.05, 3.63) is 70.5 Å². The summed E-state index contributed by atoms with van der Waals surface area (Å²) in [5.74, 6) is 0.393. The predicted octanol–water partition coefficient (Wildman–Crippen LogP) is 3.13. The Morgan fingerprint density at radius 1 is 0.857 bits per heavy atom. The molecular formula is C14H11F5N2. The Balaban J connectivity index is 2.39. The quantitative estimate of drug-likeness (QED) is 0.517. The second-order valence-electron chi connectivity index (χ2n) is 4.44. The molecule has 0 aliphatic carbocycles. The van der Waals surface area contributed by atoms with Gasteiger partial charge in [-0.05, 0) is 30.2 Å². The van der Waals surface area contributed by atoms with E-state index in [-0.39, 0.29) is 12.0 Å². The third-order valence-electron chi connectivity index (χ3n) is 3.03. The summed E-state index contributed by atoms with van der Waals surface area (Å²) in [6.07, 6.45) is -0.306. The number of nitrogens with two attached hydrogens (primary N) is 1. The lowest BCUT2D eigenvalue weighted by atomic mass is 9.98. The summed E-state index contributed by atoms with van der Waals surface area (Å²) in [7, 11) is 0. The molecular weight excluding hydrogens is 291 g/mol. The van der Waals surface area contributed by atoms with Crippen LogP contribution in [0, 0.1) is 29.1 Å². The number of hydrogen-bond acceptors (Lipinski definition) is 2. The van der Waals surface area contributed by atoms with Crippen molar-refractivity contribution in [2.24, 2.45) is 5.84 Å². The second kappa shape index (κ2) is 6.19. The smallest absolute Gasteiger partial charge is 0.133 e. The average molecular weight is 302 g/mol. The fourth-order valence-electron chi connectivity index (χ4n) is 2.05. The highest BCUT2D eigenvalue weighted by Crippen LogP contribution is 2.26. The molecule has 2 nitrogen and oxygen atoms in total. The Morgan fingerprint density at radius 2 is 1.48 bits per heavy atom. The maximum absolute atomic E-state index is 13.7. The summed E-state index contributed by atoms with van der Waals surface area (Å²) in [6.45, 7) is 0. The first-order valence-corrected chi connectivity index (χ1v) is 5.97. The molecule has 2 aromatic carbocycles. The van der Waals surface area contributed by atoms with Gasteiger partial charge in [-0.25, -0.2) is 22.0 Å². The zero-order valence-electron chi connectivity index (χ0n) is 10.6. The van der Waals surface area contributed by atoms with Crippen molar-refractivity contribution in [3.8, 4) is 0 Å². The monoisotopic (exact) mass is 302 g/mol. The number of nitrogens with one attached hydrogen (secondary N) is 1. The lowest BCUT2D eigenvalue weighted by molar-refractivity contribution is 0.455. The van der Waals surface area contributed by atoms with Gasteiger partial charge in [0.15, 0.2) is 0 Å². The van der Waals surface area contributed by atoms with E-state index >= 15 is 0 Å². The van der Waals surface area contributed by atoms with Crippen molar-refractivity contribution < 1.29 is 22.0 Å². The molecule has 0 aliphatic heterocycles. The summed E-state index contributed by atoms with van der Waals surface area (Å²) >= 11 is 0. The van der Waals surface area contributed by atoms with E-state index in [4.69, 9.17) is 5.84 Å². The van der Waals surface area contributed by atoms with Crippen LogP contribution < -0.4 is 11.3 Å². The van der Waals surface area contributed by atoms with Gasteiger partial charge in [-0.1, -0.05) is 0 Å². The highest BCUT2D eigenvalue weighted by molar-refractivity contribution is 5.28. The lowest BCUT2D eigenvalue weighted by Crippen LogP contribution is -2.31. The molecule has 0 bridgehead atoms. The molecule has 0 fully saturated rings. The van der Waals surface area contributed by atoms with Gasteiger partial charge in [-0.15, -0.1) is 0 Å². The Hall–Kier alpha value is -1.99. The van der Waals surface area contributed by atoms with Gasteiger partial charge in [0.25, 0.3) is 0 Å². The van der Waals surface area contributed by atoms with E-state index in [2.05, 4.69) is 5.43 Å². The molecule has 0 amide bonds. The number of benzene rings is 2. The van der Waals surface area contributed by atoms with Crippen LogP contribution in [-0.2, 0) is 6.42 Å². The van der Waals surface area contributed by atoms with E-state index in [0.29, 0.717) is 12.1 Å². The number of hydrazine groups is 1. The first-order chi connectivity index (χ1) is 9.92. The minimum atomic E-state index is -1.18. The van der Waals surface area contributed by atoms with Gasteiger partial charge in [0.05, 0.1) is 6.04 Å². The molecule has 1 atom stereocenters. The van der Waals surface area contributed by atoms with Crippen LogP contribution in [0.25, 0.3) is 0 Å². The molecule has 0 heterocycles. The molecule has 0 radical (unpaired) electrons. The molecule has 0 aliphatic rings. The molecule has 0 aromatic heterocycles. The van der Waals surface area contributed by atoms with Crippen LogP contribution in [0.3, 0.4) is 0 Å². The van der Waals surface area contributed by atoms with Crippen molar-refractivity contribution in [1.29, 1.82) is 0 Å². The van der Waals surface area contributed by atoms with Crippen LogP contribution in [0.4, 0.5) is 22.0 Å². The Morgan fingerprint density at radius 3 is 2.05 bits per heavy atom. The fraction of sp³-hybridized carbons (Fsp3) is 0.143. The van der Waals surface area contributed by atoms with Crippen LogP contribution in [0.2, 0.25) is 0 Å². The third kappa shape index (κ3) is 3.37. The molecule has 2 rings (SSSR count). The highest BCUT2D eigenvalue weighted by atomic mass is 19.2. The number of halogens is 5. The first kappa shape index (κ1) is 15.4. The van der Waals surface area contributed by atoms with Gasteiger partial charge in [-0.3, -0.25) is 11.3 Å². The van der Waals surface area contributed by atoms with E-state index in [0.717, 1.165) is 18.2 Å². The maximum Gasteiger partial charge on any atom is 0.133 e. The number of hydrogen-bond donors (Lipinski definition) is 2. The molecule has 2 aromatic rings. The molecule has 0 saturated carbocycles. The SMILES string of the molecule is NNC(Cc1cc(F)ccc1F)c1c(F)cc(F)cc1F. The van der Waals surface area contributed by atoms with Gasteiger partial charge in [-0.2, -0.15) is 0 Å². The van der Waals surface area contributed by atoms with Gasteiger partial charge in [0, 0.05) is 17.7 Å². The number of rotatable bonds is 4. The van der Waals surface area contributed by atoms with Crippen LogP contribution in [-0.4, -0.2) is 0 Å². The zero-order valence-corrected chi connectivity index (χ0v) is 10.6. The largest absolute Gasteiger partial charge is 0.271 e. The molecule has 0 saturated heterocycles. The lowest BCUT2D eigenvalue weighted by Gasteiger charge is -2.18. The van der Waals surface area contributed by atoms with Crippen molar-refractivity contribution in [1.82, 2.24) is 5.43 Å². The van der Waals surface area contributed by atoms with Gasteiger partial charge in [0.1, 0.15) is 29.1 Å². The second-order valence-corrected chi connectivity index (χ2v) is 4.44. The van der Waals surface area contributed by atoms with E-state index in [1.54, 1.807) is 0 Å². The summed E-state index contributed by atoms with van der Waals surface area (Å²) in [4.78, 5) is 0. The van der Waals surface area contributed by atoms with Gasteiger partial charge >= 0.3 is 0 Å². The molecule has 0 spiro atoms. The Bertz CT molecular complexity index is 637. The van der Waals surface area contributed by atoms with E-state index in [9.17, 15) is 22.0 Å². The minimum absolute atomic E-state index is 0.110. The molecule has 1 unspecified atom stereocenters. The fourth-order valence-corrected chi connectivity index (χ4v) is 2.05. The van der Waals surface area contributed by atoms with E-state index < -0.39 is 40.7 Å². The van der Waals surface area contributed by atoms with Crippen molar-refractivity contribution in [2.75, 3.05) is 0 Å². The van der Waals surface area contributed by atoms with Crippen molar-refractivity contribution in [3.63, 3.8) is 0 Å². The molecule has 21 heavy (non-hydrogen) atoms. The third-order valence-corrected chi connectivity index (χ3v) is 3.03. The average Bonchev–Trinajstić information content (AvgIpc) is 2.40. The Kier molecular flexibility index (Phi) is 4.54. The van der Waals surface area contributed by atoms with Gasteiger partial charge < -0.3 is 0 Å². The van der Waals surface area contributed by atoms with Crippen LogP contribution >= 0.6 is 0 Å². The zero-order chi connectivity index (χ0) is 15.6. The van der Waals surface area contributed by atoms with Crippen molar-refractivity contribution in [2.45, 2.75) is 12.5 Å². The summed E-state index contributed by atoms with van der Waals surface area (Å²) in [5, 5.41) is 0.